The predicted molar refractivity (Wildman–Crippen MR) is 63.0 cm³/mol. The van der Waals surface area contributed by atoms with Crippen LogP contribution in [0.2, 0.25) is 0 Å². The highest BCUT2D eigenvalue weighted by atomic mass is 32.2. The predicted octanol–water partition coefficient (Wildman–Crippen LogP) is 3.50. The number of ether oxygens (including phenoxy) is 1. The standard InChI is InChI=1S/C11H20F2O2S/c1-3-11(12,13)6-4-5-8-16-9-7-15-10(2)14/h3-9H2,1-2H3. The zero-order valence-electron chi connectivity index (χ0n) is 9.93. The molecule has 0 aliphatic rings. The average Bonchev–Trinajstić information content (AvgIpc) is 2.21. The number of hydrogen-bond donors (Lipinski definition) is 0. The minimum atomic E-state index is -2.50. The fraction of sp³-hybridized carbons (Fsp3) is 0.909. The number of carbonyl (C=O) groups is 1. The minimum Gasteiger partial charge on any atom is -0.465 e. The summed E-state index contributed by atoms with van der Waals surface area (Å²) in [5.41, 5.74) is 0. The van der Waals surface area contributed by atoms with Crippen LogP contribution in [0, 0.1) is 0 Å². The summed E-state index contributed by atoms with van der Waals surface area (Å²) in [6.07, 6.45) is 1.25. The molecular formula is C11H20F2O2S. The van der Waals surface area contributed by atoms with E-state index in [1.807, 2.05) is 0 Å². The van der Waals surface area contributed by atoms with Crippen molar-refractivity contribution >= 4 is 17.7 Å². The molecule has 0 aliphatic heterocycles. The van der Waals surface area contributed by atoms with Gasteiger partial charge in [-0.2, -0.15) is 11.8 Å². The molecule has 0 fully saturated rings. The number of alkyl halides is 2. The Kier molecular flexibility index (Phi) is 8.61. The van der Waals surface area contributed by atoms with Crippen molar-refractivity contribution in [1.29, 1.82) is 0 Å². The molecule has 0 saturated carbocycles. The van der Waals surface area contributed by atoms with Crippen molar-refractivity contribution in [3.63, 3.8) is 0 Å². The summed E-state index contributed by atoms with van der Waals surface area (Å²) in [6.45, 7) is 3.29. The van der Waals surface area contributed by atoms with Gasteiger partial charge in [0.1, 0.15) is 6.61 Å². The lowest BCUT2D eigenvalue weighted by atomic mass is 10.1. The maximum Gasteiger partial charge on any atom is 0.302 e. The van der Waals surface area contributed by atoms with Gasteiger partial charge in [0.15, 0.2) is 0 Å². The second kappa shape index (κ2) is 8.79. The average molecular weight is 254 g/mol. The van der Waals surface area contributed by atoms with Crippen molar-refractivity contribution in [3.05, 3.63) is 0 Å². The Morgan fingerprint density at radius 2 is 2.00 bits per heavy atom. The molecule has 0 heterocycles. The van der Waals surface area contributed by atoms with Crippen LogP contribution in [-0.4, -0.2) is 30.0 Å². The third kappa shape index (κ3) is 10.2. The summed E-state index contributed by atoms with van der Waals surface area (Å²) in [5.74, 6) is -1.18. The van der Waals surface area contributed by atoms with Crippen LogP contribution < -0.4 is 0 Å². The molecular weight excluding hydrogens is 234 g/mol. The number of esters is 1. The van der Waals surface area contributed by atoms with Crippen LogP contribution in [0.3, 0.4) is 0 Å². The fourth-order valence-electron chi connectivity index (χ4n) is 1.11. The number of carbonyl (C=O) groups excluding carboxylic acids is 1. The van der Waals surface area contributed by atoms with Crippen LogP contribution in [0.5, 0.6) is 0 Å². The van der Waals surface area contributed by atoms with Gasteiger partial charge in [0.05, 0.1) is 0 Å². The first-order valence-electron chi connectivity index (χ1n) is 5.57. The molecule has 96 valence electrons. The molecule has 0 aromatic carbocycles. The van der Waals surface area contributed by atoms with Crippen molar-refractivity contribution in [1.82, 2.24) is 0 Å². The minimum absolute atomic E-state index is 0.0198. The molecule has 5 heteroatoms. The van der Waals surface area contributed by atoms with Gasteiger partial charge in [-0.05, 0) is 18.6 Å². The first kappa shape index (κ1) is 15.7. The Balaban J connectivity index is 3.19. The maximum absolute atomic E-state index is 12.8. The second-order valence-corrected chi connectivity index (χ2v) is 4.84. The Morgan fingerprint density at radius 1 is 1.31 bits per heavy atom. The van der Waals surface area contributed by atoms with E-state index in [9.17, 15) is 13.6 Å². The Labute approximate surface area is 100 Å². The van der Waals surface area contributed by atoms with Crippen molar-refractivity contribution in [2.24, 2.45) is 0 Å². The van der Waals surface area contributed by atoms with Crippen molar-refractivity contribution < 1.29 is 18.3 Å². The van der Waals surface area contributed by atoms with Crippen molar-refractivity contribution in [2.45, 2.75) is 45.5 Å². The van der Waals surface area contributed by atoms with Gasteiger partial charge in [-0.1, -0.05) is 6.92 Å². The normalized spacial score (nSPS) is 11.5. The number of hydrogen-bond acceptors (Lipinski definition) is 3. The number of rotatable bonds is 9. The van der Waals surface area contributed by atoms with Crippen LogP contribution in [0.15, 0.2) is 0 Å². The van der Waals surface area contributed by atoms with E-state index in [-0.39, 0.29) is 18.8 Å². The van der Waals surface area contributed by atoms with E-state index in [1.54, 1.807) is 11.8 Å². The molecule has 16 heavy (non-hydrogen) atoms. The van der Waals surface area contributed by atoms with E-state index in [0.717, 1.165) is 17.9 Å². The third-order valence-corrected chi connectivity index (χ3v) is 3.16. The van der Waals surface area contributed by atoms with E-state index in [4.69, 9.17) is 4.74 Å². The summed E-state index contributed by atoms with van der Waals surface area (Å²) in [5, 5.41) is 0. The molecule has 0 unspecified atom stereocenters. The van der Waals surface area contributed by atoms with Gasteiger partial charge >= 0.3 is 5.97 Å². The summed E-state index contributed by atoms with van der Waals surface area (Å²) in [6, 6.07) is 0. The first-order chi connectivity index (χ1) is 7.48. The SMILES string of the molecule is CCC(F)(F)CCCCSCCOC(C)=O. The molecule has 0 rings (SSSR count). The largest absolute Gasteiger partial charge is 0.465 e. The van der Waals surface area contributed by atoms with Gasteiger partial charge in [0.25, 0.3) is 0 Å². The molecule has 0 aromatic rings. The Morgan fingerprint density at radius 3 is 2.56 bits per heavy atom. The Bertz CT molecular complexity index is 198. The van der Waals surface area contributed by atoms with E-state index in [0.29, 0.717) is 13.0 Å². The first-order valence-corrected chi connectivity index (χ1v) is 6.72. The Hall–Kier alpha value is -0.320. The van der Waals surface area contributed by atoms with Gasteiger partial charge < -0.3 is 4.74 Å². The van der Waals surface area contributed by atoms with Gasteiger partial charge in [-0.25, -0.2) is 8.78 Å². The highest BCUT2D eigenvalue weighted by Gasteiger charge is 2.24. The molecule has 0 atom stereocenters. The van der Waals surface area contributed by atoms with Gasteiger partial charge in [-0.15, -0.1) is 0 Å². The highest BCUT2D eigenvalue weighted by Crippen LogP contribution is 2.24. The summed E-state index contributed by atoms with van der Waals surface area (Å²) in [4.78, 5) is 10.4. The second-order valence-electron chi connectivity index (χ2n) is 3.62. The van der Waals surface area contributed by atoms with Crippen LogP contribution in [0.25, 0.3) is 0 Å². The van der Waals surface area contributed by atoms with Crippen LogP contribution in [-0.2, 0) is 9.53 Å². The zero-order valence-corrected chi connectivity index (χ0v) is 10.7. The molecule has 0 spiro atoms. The van der Waals surface area contributed by atoms with Gasteiger partial charge in [-0.3, -0.25) is 4.79 Å². The molecule has 0 bridgehead atoms. The van der Waals surface area contributed by atoms with E-state index in [2.05, 4.69) is 0 Å². The number of thioether (sulfide) groups is 1. The van der Waals surface area contributed by atoms with Gasteiger partial charge in [0, 0.05) is 25.5 Å². The monoisotopic (exact) mass is 254 g/mol. The number of halogens is 2. The molecule has 0 aromatic heterocycles. The van der Waals surface area contributed by atoms with Crippen LogP contribution in [0.1, 0.15) is 39.5 Å². The van der Waals surface area contributed by atoms with E-state index >= 15 is 0 Å². The van der Waals surface area contributed by atoms with E-state index in [1.165, 1.54) is 13.8 Å². The molecule has 0 aliphatic carbocycles. The lowest BCUT2D eigenvalue weighted by molar-refractivity contribution is -0.140. The van der Waals surface area contributed by atoms with Crippen LogP contribution in [0.4, 0.5) is 8.78 Å². The molecule has 2 nitrogen and oxygen atoms in total. The smallest absolute Gasteiger partial charge is 0.302 e. The van der Waals surface area contributed by atoms with Crippen molar-refractivity contribution in [3.8, 4) is 0 Å². The topological polar surface area (TPSA) is 26.3 Å². The van der Waals surface area contributed by atoms with Crippen LogP contribution >= 0.6 is 11.8 Å². The quantitative estimate of drug-likeness (QED) is 0.465. The molecule has 0 amide bonds. The summed E-state index contributed by atoms with van der Waals surface area (Å²) < 4.78 is 30.4. The zero-order chi connectivity index (χ0) is 12.4. The highest BCUT2D eigenvalue weighted by molar-refractivity contribution is 7.99. The summed E-state index contributed by atoms with van der Waals surface area (Å²) in [7, 11) is 0. The third-order valence-electron chi connectivity index (χ3n) is 2.13. The van der Waals surface area contributed by atoms with E-state index < -0.39 is 5.92 Å². The lowest BCUT2D eigenvalue weighted by Crippen LogP contribution is -2.13. The fourth-order valence-corrected chi connectivity index (χ4v) is 1.92. The van der Waals surface area contributed by atoms with Crippen molar-refractivity contribution in [2.75, 3.05) is 18.1 Å². The summed E-state index contributed by atoms with van der Waals surface area (Å²) >= 11 is 1.63. The molecule has 0 radical (unpaired) electrons. The number of unbranched alkanes of at least 4 members (excludes halogenated alkanes) is 1. The molecule has 0 saturated heterocycles. The maximum atomic E-state index is 12.8. The molecule has 0 N–H and O–H groups in total. The van der Waals surface area contributed by atoms with Gasteiger partial charge in [0.2, 0.25) is 5.92 Å². The lowest BCUT2D eigenvalue weighted by Gasteiger charge is -2.12.